The van der Waals surface area contributed by atoms with Crippen LogP contribution in [0.25, 0.3) is 0 Å². The quantitative estimate of drug-likeness (QED) is 0.663. The van der Waals surface area contributed by atoms with Crippen LogP contribution in [-0.4, -0.2) is 12.7 Å². The van der Waals surface area contributed by atoms with Gasteiger partial charge in [-0.2, -0.15) is 0 Å². The summed E-state index contributed by atoms with van der Waals surface area (Å²) < 4.78 is 6.39. The van der Waals surface area contributed by atoms with Gasteiger partial charge in [0.25, 0.3) is 0 Å². The van der Waals surface area contributed by atoms with E-state index in [0.717, 1.165) is 6.61 Å². The molecule has 0 unspecified atom stereocenters. The van der Waals surface area contributed by atoms with E-state index in [1.165, 1.54) is 77.0 Å². The predicted octanol–water partition coefficient (Wildman–Crippen LogP) is 5.09. The van der Waals surface area contributed by atoms with Crippen molar-refractivity contribution in [1.82, 2.24) is 0 Å². The van der Waals surface area contributed by atoms with Gasteiger partial charge in [-0.1, -0.05) is 38.5 Å². The fraction of sp³-hybridized carbons (Fsp3) is 1.00. The van der Waals surface area contributed by atoms with Crippen molar-refractivity contribution >= 4 is 0 Å². The third-order valence-corrected chi connectivity index (χ3v) is 6.27. The molecule has 0 aliphatic heterocycles. The van der Waals surface area contributed by atoms with E-state index in [-0.39, 0.29) is 0 Å². The molecule has 18 heavy (non-hydrogen) atoms. The molecule has 2 spiro atoms. The van der Waals surface area contributed by atoms with Crippen LogP contribution >= 0.6 is 0 Å². The Morgan fingerprint density at radius 1 is 0.722 bits per heavy atom. The van der Waals surface area contributed by atoms with Crippen molar-refractivity contribution in [2.75, 3.05) is 6.61 Å². The molecule has 3 aliphatic carbocycles. The Bertz CT molecular complexity index is 245. The summed E-state index contributed by atoms with van der Waals surface area (Å²) in [6.45, 7) is 3.12. The van der Waals surface area contributed by atoms with Crippen LogP contribution in [0.4, 0.5) is 0 Å². The van der Waals surface area contributed by atoms with E-state index in [0.29, 0.717) is 16.9 Å². The standard InChI is InChI=1S/C17H30O/c1-2-18-15-16(9-5-3-6-10-16)13-14-17(15)11-7-4-8-12-17/h15H,2-14H2,1H3. The van der Waals surface area contributed by atoms with Crippen molar-refractivity contribution in [2.24, 2.45) is 10.8 Å². The van der Waals surface area contributed by atoms with E-state index in [4.69, 9.17) is 4.74 Å². The van der Waals surface area contributed by atoms with E-state index < -0.39 is 0 Å². The molecule has 1 heteroatoms. The summed E-state index contributed by atoms with van der Waals surface area (Å²) in [6, 6.07) is 0. The molecule has 0 bridgehead atoms. The summed E-state index contributed by atoms with van der Waals surface area (Å²) in [5.74, 6) is 0. The van der Waals surface area contributed by atoms with Crippen LogP contribution in [0.2, 0.25) is 0 Å². The minimum Gasteiger partial charge on any atom is -0.377 e. The number of ether oxygens (including phenoxy) is 1. The van der Waals surface area contributed by atoms with Crippen LogP contribution in [0.5, 0.6) is 0 Å². The van der Waals surface area contributed by atoms with Gasteiger partial charge >= 0.3 is 0 Å². The van der Waals surface area contributed by atoms with E-state index in [2.05, 4.69) is 6.92 Å². The van der Waals surface area contributed by atoms with Gasteiger partial charge in [0.15, 0.2) is 0 Å². The molecule has 0 aromatic heterocycles. The molecule has 0 aromatic rings. The molecule has 3 aliphatic rings. The predicted molar refractivity (Wildman–Crippen MR) is 75.7 cm³/mol. The first-order valence-electron chi connectivity index (χ1n) is 8.43. The largest absolute Gasteiger partial charge is 0.377 e. The second kappa shape index (κ2) is 5.15. The summed E-state index contributed by atoms with van der Waals surface area (Å²) in [5, 5.41) is 0. The number of hydrogen-bond acceptors (Lipinski definition) is 1. The van der Waals surface area contributed by atoms with Gasteiger partial charge in [-0.05, 0) is 56.3 Å². The summed E-state index contributed by atoms with van der Waals surface area (Å²) in [4.78, 5) is 0. The fourth-order valence-electron chi connectivity index (χ4n) is 5.47. The van der Waals surface area contributed by atoms with Gasteiger partial charge in [-0.15, -0.1) is 0 Å². The van der Waals surface area contributed by atoms with E-state index in [1.54, 1.807) is 0 Å². The maximum absolute atomic E-state index is 6.39. The second-order valence-electron chi connectivity index (χ2n) is 7.18. The lowest BCUT2D eigenvalue weighted by Gasteiger charge is -2.46. The lowest BCUT2D eigenvalue weighted by Crippen LogP contribution is -2.44. The first-order valence-corrected chi connectivity index (χ1v) is 8.43. The first kappa shape index (κ1) is 13.0. The zero-order valence-corrected chi connectivity index (χ0v) is 12.2. The highest BCUT2D eigenvalue weighted by Gasteiger charge is 2.57. The highest BCUT2D eigenvalue weighted by Crippen LogP contribution is 2.62. The lowest BCUT2D eigenvalue weighted by molar-refractivity contribution is -0.101. The van der Waals surface area contributed by atoms with Gasteiger partial charge < -0.3 is 4.74 Å². The van der Waals surface area contributed by atoms with E-state index >= 15 is 0 Å². The topological polar surface area (TPSA) is 9.23 Å². The molecule has 0 N–H and O–H groups in total. The Morgan fingerprint density at radius 3 is 1.56 bits per heavy atom. The number of rotatable bonds is 2. The molecule has 0 heterocycles. The Hall–Kier alpha value is -0.0400. The summed E-state index contributed by atoms with van der Waals surface area (Å²) in [5.41, 5.74) is 1.18. The average molecular weight is 250 g/mol. The Morgan fingerprint density at radius 2 is 1.17 bits per heavy atom. The van der Waals surface area contributed by atoms with Crippen molar-refractivity contribution in [3.63, 3.8) is 0 Å². The third kappa shape index (κ3) is 2.03. The zero-order valence-electron chi connectivity index (χ0n) is 12.2. The smallest absolute Gasteiger partial charge is 0.0687 e. The molecule has 3 saturated carbocycles. The van der Waals surface area contributed by atoms with Gasteiger partial charge in [0, 0.05) is 6.61 Å². The lowest BCUT2D eigenvalue weighted by atomic mass is 9.64. The van der Waals surface area contributed by atoms with Gasteiger partial charge in [0.1, 0.15) is 0 Å². The molecule has 0 atom stereocenters. The normalized spacial score (nSPS) is 31.2. The van der Waals surface area contributed by atoms with E-state index in [9.17, 15) is 0 Å². The molecule has 1 nitrogen and oxygen atoms in total. The molecule has 0 aromatic carbocycles. The van der Waals surface area contributed by atoms with Crippen molar-refractivity contribution in [3.8, 4) is 0 Å². The molecule has 0 radical (unpaired) electrons. The first-order chi connectivity index (χ1) is 8.81. The zero-order chi connectivity index (χ0) is 12.5. The summed E-state index contributed by atoms with van der Waals surface area (Å²) in [7, 11) is 0. The number of hydrogen-bond donors (Lipinski definition) is 0. The Kier molecular flexibility index (Phi) is 3.71. The van der Waals surface area contributed by atoms with Crippen molar-refractivity contribution in [3.05, 3.63) is 0 Å². The van der Waals surface area contributed by atoms with Crippen LogP contribution in [-0.2, 0) is 4.74 Å². The highest BCUT2D eigenvalue weighted by atomic mass is 16.5. The van der Waals surface area contributed by atoms with Crippen LogP contribution in [0.3, 0.4) is 0 Å². The van der Waals surface area contributed by atoms with Gasteiger partial charge in [-0.3, -0.25) is 0 Å². The van der Waals surface area contributed by atoms with Crippen molar-refractivity contribution in [1.29, 1.82) is 0 Å². The molecule has 3 rings (SSSR count). The van der Waals surface area contributed by atoms with Gasteiger partial charge in [0.2, 0.25) is 0 Å². The molecular formula is C17H30O. The maximum Gasteiger partial charge on any atom is 0.0687 e. The average Bonchev–Trinajstić information content (AvgIpc) is 2.69. The second-order valence-corrected chi connectivity index (χ2v) is 7.18. The van der Waals surface area contributed by atoms with Crippen molar-refractivity contribution in [2.45, 2.75) is 90.1 Å². The van der Waals surface area contributed by atoms with Gasteiger partial charge in [-0.25, -0.2) is 0 Å². The third-order valence-electron chi connectivity index (χ3n) is 6.27. The Labute approximate surface area is 113 Å². The molecular weight excluding hydrogens is 220 g/mol. The highest BCUT2D eigenvalue weighted by molar-refractivity contribution is 5.07. The summed E-state index contributed by atoms with van der Waals surface area (Å²) in [6.07, 6.45) is 18.1. The monoisotopic (exact) mass is 250 g/mol. The van der Waals surface area contributed by atoms with Crippen molar-refractivity contribution < 1.29 is 4.74 Å². The Balaban J connectivity index is 1.83. The van der Waals surface area contributed by atoms with Crippen LogP contribution in [0.15, 0.2) is 0 Å². The summed E-state index contributed by atoms with van der Waals surface area (Å²) >= 11 is 0. The maximum atomic E-state index is 6.39. The minimum absolute atomic E-state index is 0.589. The molecule has 104 valence electrons. The molecule has 0 saturated heterocycles. The fourth-order valence-corrected chi connectivity index (χ4v) is 5.47. The minimum atomic E-state index is 0.589. The molecule has 0 amide bonds. The van der Waals surface area contributed by atoms with Crippen LogP contribution in [0, 0.1) is 10.8 Å². The van der Waals surface area contributed by atoms with Gasteiger partial charge in [0.05, 0.1) is 6.10 Å². The van der Waals surface area contributed by atoms with Crippen LogP contribution < -0.4 is 0 Å². The SMILES string of the molecule is CCOC1C2(CCCCC2)CCC12CCCCC2. The van der Waals surface area contributed by atoms with E-state index in [1.807, 2.05) is 0 Å². The molecule has 3 fully saturated rings. The van der Waals surface area contributed by atoms with Crippen LogP contribution in [0.1, 0.15) is 84.0 Å².